The molecule has 0 unspecified atom stereocenters. The fourth-order valence-corrected chi connectivity index (χ4v) is 2.67. The Hall–Kier alpha value is -2.53. The Balaban J connectivity index is 1.65. The van der Waals surface area contributed by atoms with Gasteiger partial charge in [0.05, 0.1) is 30.2 Å². The van der Waals surface area contributed by atoms with E-state index < -0.39 is 0 Å². The van der Waals surface area contributed by atoms with Crippen molar-refractivity contribution in [1.82, 2.24) is 16.2 Å². The molecule has 5 nitrogen and oxygen atoms in total. The van der Waals surface area contributed by atoms with Gasteiger partial charge in [0.25, 0.3) is 5.91 Å². The first-order valence-electron chi connectivity index (χ1n) is 7.44. The summed E-state index contributed by atoms with van der Waals surface area (Å²) in [6.07, 6.45) is 0. The summed E-state index contributed by atoms with van der Waals surface area (Å²) in [6, 6.07) is 17.2. The third kappa shape index (κ3) is 3.81. The molecule has 3 N–H and O–H groups in total. The number of nitrogens with zero attached hydrogens (tertiary/aromatic N) is 1. The van der Waals surface area contributed by atoms with Crippen molar-refractivity contribution in [1.29, 1.82) is 0 Å². The zero-order valence-electron chi connectivity index (χ0n) is 12.6. The molecule has 2 aromatic carbocycles. The Kier molecular flexibility index (Phi) is 4.78. The van der Waals surface area contributed by atoms with Crippen LogP contribution in [0, 0.1) is 0 Å². The minimum atomic E-state index is -0.267. The molecule has 23 heavy (non-hydrogen) atoms. The predicted octanol–water partition coefficient (Wildman–Crippen LogP) is 1.75. The second-order valence-corrected chi connectivity index (χ2v) is 5.65. The van der Waals surface area contributed by atoms with Gasteiger partial charge in [0.15, 0.2) is 0 Å². The van der Waals surface area contributed by atoms with Crippen molar-refractivity contribution in [3.8, 4) is 0 Å². The minimum absolute atomic E-state index is 0.267. The molecule has 0 radical (unpaired) electrons. The summed E-state index contributed by atoms with van der Waals surface area (Å²) in [6.45, 7) is 2.48. The first-order valence-corrected chi connectivity index (χ1v) is 7.82. The Morgan fingerprint density at radius 3 is 2.65 bits per heavy atom. The number of guanidine groups is 1. The van der Waals surface area contributed by atoms with Gasteiger partial charge in [-0.25, -0.2) is 5.43 Å². The lowest BCUT2D eigenvalue weighted by Gasteiger charge is -2.08. The first kappa shape index (κ1) is 15.4. The number of rotatable bonds is 3. The number of carbonyl (C=O) groups is 1. The van der Waals surface area contributed by atoms with Gasteiger partial charge in [-0.1, -0.05) is 54.1 Å². The third-order valence-electron chi connectivity index (χ3n) is 3.62. The summed E-state index contributed by atoms with van der Waals surface area (Å²) in [5.74, 6) is 0.519. The molecule has 1 aliphatic rings. The van der Waals surface area contributed by atoms with Crippen LogP contribution < -0.4 is 16.2 Å². The Morgan fingerprint density at radius 2 is 1.87 bits per heavy atom. The zero-order valence-corrected chi connectivity index (χ0v) is 13.3. The summed E-state index contributed by atoms with van der Waals surface area (Å²) >= 11 is 6.03. The van der Waals surface area contributed by atoms with Gasteiger partial charge in [-0.05, 0) is 17.7 Å². The summed E-state index contributed by atoms with van der Waals surface area (Å²) < 4.78 is 2.14. The summed E-state index contributed by atoms with van der Waals surface area (Å²) in [5.41, 5.74) is 7.29. The average molecular weight is 330 g/mol. The molecule has 0 spiro atoms. The van der Waals surface area contributed by atoms with Gasteiger partial charge in [-0.15, -0.1) is 0 Å². The van der Waals surface area contributed by atoms with E-state index in [2.05, 4.69) is 32.9 Å². The number of hydrogen-bond donors (Lipinski definition) is 3. The van der Waals surface area contributed by atoms with E-state index in [4.69, 9.17) is 11.6 Å². The molecule has 3 rings (SSSR count). The molecule has 2 aromatic rings. The SMILES string of the molecule is O=C(NNC1=[N+](Cc2ccccc2)CCN1)c1ccccc1Cl. The normalized spacial score (nSPS) is 13.6. The molecule has 1 aliphatic heterocycles. The maximum Gasteiger partial charge on any atom is 0.368 e. The largest absolute Gasteiger partial charge is 0.368 e. The smallest absolute Gasteiger partial charge is 0.273 e. The molecule has 0 atom stereocenters. The van der Waals surface area contributed by atoms with Crippen LogP contribution in [0.15, 0.2) is 54.6 Å². The van der Waals surface area contributed by atoms with Crippen LogP contribution in [0.1, 0.15) is 15.9 Å². The van der Waals surface area contributed by atoms with Crippen LogP contribution in [0.5, 0.6) is 0 Å². The van der Waals surface area contributed by atoms with Gasteiger partial charge in [0.2, 0.25) is 0 Å². The van der Waals surface area contributed by atoms with Crippen molar-refractivity contribution in [3.05, 3.63) is 70.7 Å². The van der Waals surface area contributed by atoms with Gasteiger partial charge in [0.1, 0.15) is 0 Å². The van der Waals surface area contributed by atoms with Crippen molar-refractivity contribution in [3.63, 3.8) is 0 Å². The number of benzene rings is 2. The number of hydrazine groups is 1. The molecule has 0 saturated heterocycles. The fraction of sp³-hybridized carbons (Fsp3) is 0.176. The second-order valence-electron chi connectivity index (χ2n) is 5.24. The quantitative estimate of drug-likeness (QED) is 0.594. The van der Waals surface area contributed by atoms with E-state index >= 15 is 0 Å². The predicted molar refractivity (Wildman–Crippen MR) is 90.3 cm³/mol. The first-order chi connectivity index (χ1) is 11.2. The van der Waals surface area contributed by atoms with Crippen LogP contribution >= 0.6 is 11.6 Å². The molecule has 1 heterocycles. The lowest BCUT2D eigenvalue weighted by molar-refractivity contribution is -0.536. The second kappa shape index (κ2) is 7.15. The Bertz CT molecular complexity index is 730. The molecular formula is C17H18ClN4O+. The van der Waals surface area contributed by atoms with Crippen LogP contribution in [-0.4, -0.2) is 29.5 Å². The van der Waals surface area contributed by atoms with E-state index in [9.17, 15) is 4.79 Å². The van der Waals surface area contributed by atoms with Gasteiger partial charge in [-0.3, -0.25) is 14.7 Å². The van der Waals surface area contributed by atoms with Crippen molar-refractivity contribution in [2.75, 3.05) is 13.1 Å². The number of carbonyl (C=O) groups excluding carboxylic acids is 1. The molecule has 0 fully saturated rings. The van der Waals surface area contributed by atoms with Crippen LogP contribution in [0.3, 0.4) is 0 Å². The van der Waals surface area contributed by atoms with E-state index in [1.54, 1.807) is 24.3 Å². The van der Waals surface area contributed by atoms with E-state index in [0.717, 1.165) is 25.6 Å². The minimum Gasteiger partial charge on any atom is -0.273 e. The highest BCUT2D eigenvalue weighted by molar-refractivity contribution is 6.33. The molecule has 0 saturated carbocycles. The number of hydrogen-bond acceptors (Lipinski definition) is 3. The van der Waals surface area contributed by atoms with Crippen LogP contribution in [-0.2, 0) is 6.54 Å². The average Bonchev–Trinajstić information content (AvgIpc) is 3.01. The standard InChI is InChI=1S/C17H17ClN4O/c18-15-9-5-4-8-14(15)16(23)20-21-17-19-10-11-22(17)12-13-6-2-1-3-7-13/h1-9H,10-12H2,(H2,19,20,21,23)/p+1. The molecule has 0 bridgehead atoms. The Morgan fingerprint density at radius 1 is 1.13 bits per heavy atom. The fourth-order valence-electron chi connectivity index (χ4n) is 2.45. The maximum atomic E-state index is 12.2. The highest BCUT2D eigenvalue weighted by atomic mass is 35.5. The highest BCUT2D eigenvalue weighted by Gasteiger charge is 2.21. The third-order valence-corrected chi connectivity index (χ3v) is 3.95. The summed E-state index contributed by atoms with van der Waals surface area (Å²) in [5, 5.41) is 3.66. The summed E-state index contributed by atoms with van der Waals surface area (Å²) in [7, 11) is 0. The van der Waals surface area contributed by atoms with Crippen LogP contribution in [0.4, 0.5) is 0 Å². The lowest BCUT2D eigenvalue weighted by atomic mass is 10.2. The van der Waals surface area contributed by atoms with E-state index in [-0.39, 0.29) is 5.91 Å². The van der Waals surface area contributed by atoms with Gasteiger partial charge < -0.3 is 0 Å². The van der Waals surface area contributed by atoms with Crippen molar-refractivity contribution in [2.45, 2.75) is 6.54 Å². The van der Waals surface area contributed by atoms with Crippen molar-refractivity contribution < 1.29 is 9.37 Å². The van der Waals surface area contributed by atoms with Crippen molar-refractivity contribution >= 4 is 23.5 Å². The Labute approximate surface area is 139 Å². The van der Waals surface area contributed by atoms with E-state index in [1.165, 1.54) is 5.56 Å². The molecular weight excluding hydrogens is 312 g/mol. The highest BCUT2D eigenvalue weighted by Crippen LogP contribution is 2.14. The molecule has 0 aromatic heterocycles. The van der Waals surface area contributed by atoms with Crippen molar-refractivity contribution in [2.24, 2.45) is 0 Å². The van der Waals surface area contributed by atoms with E-state index in [0.29, 0.717) is 10.6 Å². The maximum absolute atomic E-state index is 12.2. The van der Waals surface area contributed by atoms with Gasteiger partial charge in [-0.2, -0.15) is 5.43 Å². The number of amides is 1. The van der Waals surface area contributed by atoms with Crippen LogP contribution in [0.2, 0.25) is 5.02 Å². The van der Waals surface area contributed by atoms with Crippen LogP contribution in [0.25, 0.3) is 0 Å². The number of nitrogens with one attached hydrogen (secondary N) is 3. The molecule has 0 aliphatic carbocycles. The van der Waals surface area contributed by atoms with Gasteiger partial charge >= 0.3 is 5.96 Å². The topological polar surface area (TPSA) is 56.2 Å². The molecule has 118 valence electrons. The monoisotopic (exact) mass is 329 g/mol. The lowest BCUT2D eigenvalue weighted by Crippen LogP contribution is -2.48. The van der Waals surface area contributed by atoms with Gasteiger partial charge in [0, 0.05) is 0 Å². The molecule has 1 amide bonds. The van der Waals surface area contributed by atoms with E-state index in [1.807, 2.05) is 18.2 Å². The number of halogens is 1. The molecule has 6 heteroatoms. The summed E-state index contributed by atoms with van der Waals surface area (Å²) in [4.78, 5) is 12.2. The zero-order chi connectivity index (χ0) is 16.1.